The van der Waals surface area contributed by atoms with Crippen LogP contribution in [-0.4, -0.2) is 31.9 Å². The summed E-state index contributed by atoms with van der Waals surface area (Å²) in [6.07, 6.45) is 0.832. The average molecular weight is 327 g/mol. The number of hydrogen-bond acceptors (Lipinski definition) is 4. The Morgan fingerprint density at radius 2 is 2.14 bits per heavy atom. The third-order valence-corrected chi connectivity index (χ3v) is 4.84. The van der Waals surface area contributed by atoms with Crippen molar-refractivity contribution in [3.63, 3.8) is 0 Å². The fourth-order valence-corrected chi connectivity index (χ4v) is 3.87. The van der Waals surface area contributed by atoms with E-state index in [9.17, 15) is 13.2 Å². The predicted octanol–water partition coefficient (Wildman–Crippen LogP) is 0.0188. The average Bonchev–Trinajstić information content (AvgIpc) is 2.41. The van der Waals surface area contributed by atoms with Gasteiger partial charge in [-0.1, -0.05) is 36.5 Å². The van der Waals surface area contributed by atoms with Gasteiger partial charge in [-0.2, -0.15) is 0 Å². The molecule has 1 aromatic carbocycles. The molecule has 1 amide bonds. The van der Waals surface area contributed by atoms with Crippen LogP contribution >= 0.6 is 12.2 Å². The van der Waals surface area contributed by atoms with Gasteiger partial charge >= 0.3 is 0 Å². The lowest BCUT2D eigenvalue weighted by molar-refractivity contribution is -0.122. The second kappa shape index (κ2) is 6.50. The van der Waals surface area contributed by atoms with E-state index in [1.807, 2.05) is 0 Å². The van der Waals surface area contributed by atoms with E-state index in [0.29, 0.717) is 30.5 Å². The maximum Gasteiger partial charge on any atom is 0.220 e. The van der Waals surface area contributed by atoms with Gasteiger partial charge in [0.2, 0.25) is 15.9 Å². The van der Waals surface area contributed by atoms with Crippen LogP contribution in [0.1, 0.15) is 24.0 Å². The number of thiocarbonyl (C=S) groups is 1. The third-order valence-electron chi connectivity index (χ3n) is 3.24. The van der Waals surface area contributed by atoms with Crippen LogP contribution in [0.25, 0.3) is 0 Å². The van der Waals surface area contributed by atoms with Gasteiger partial charge < -0.3 is 11.1 Å². The first-order chi connectivity index (χ1) is 9.87. The number of piperidine rings is 1. The van der Waals surface area contributed by atoms with Crippen LogP contribution in [0.4, 0.5) is 0 Å². The maximum absolute atomic E-state index is 12.2. The summed E-state index contributed by atoms with van der Waals surface area (Å²) in [5, 5.41) is 2.64. The van der Waals surface area contributed by atoms with Crippen molar-refractivity contribution in [1.82, 2.24) is 10.0 Å². The Kier molecular flexibility index (Phi) is 4.92. The van der Waals surface area contributed by atoms with E-state index in [2.05, 4.69) is 10.0 Å². The molecule has 2 rings (SSSR count). The quantitative estimate of drug-likeness (QED) is 0.662. The fraction of sp³-hybridized carbons (Fsp3) is 0.385. The third kappa shape index (κ3) is 4.48. The van der Waals surface area contributed by atoms with Gasteiger partial charge in [-0.15, -0.1) is 0 Å². The van der Waals surface area contributed by atoms with Crippen molar-refractivity contribution in [3.8, 4) is 0 Å². The van der Waals surface area contributed by atoms with Crippen molar-refractivity contribution in [1.29, 1.82) is 0 Å². The number of nitrogens with two attached hydrogens (primary N) is 1. The maximum atomic E-state index is 12.2. The van der Waals surface area contributed by atoms with Gasteiger partial charge in [0.25, 0.3) is 0 Å². The van der Waals surface area contributed by atoms with Gasteiger partial charge in [0, 0.05) is 24.6 Å². The van der Waals surface area contributed by atoms with Crippen LogP contribution in [0.5, 0.6) is 0 Å². The zero-order valence-electron chi connectivity index (χ0n) is 11.3. The van der Waals surface area contributed by atoms with Crippen molar-refractivity contribution < 1.29 is 13.2 Å². The molecule has 0 aliphatic carbocycles. The van der Waals surface area contributed by atoms with Gasteiger partial charge in [-0.3, -0.25) is 4.79 Å². The molecule has 1 aliphatic heterocycles. The molecule has 0 aromatic heterocycles. The molecule has 1 unspecified atom stereocenters. The molecular formula is C13H17N3O3S2. The highest BCUT2D eigenvalue weighted by atomic mass is 32.2. The summed E-state index contributed by atoms with van der Waals surface area (Å²) in [5.74, 6) is -0.241. The highest BCUT2D eigenvalue weighted by molar-refractivity contribution is 7.88. The Morgan fingerprint density at radius 1 is 1.43 bits per heavy atom. The van der Waals surface area contributed by atoms with E-state index < -0.39 is 10.0 Å². The van der Waals surface area contributed by atoms with E-state index in [4.69, 9.17) is 18.0 Å². The number of sulfonamides is 1. The molecule has 21 heavy (non-hydrogen) atoms. The Balaban J connectivity index is 2.08. The van der Waals surface area contributed by atoms with Gasteiger partial charge in [-0.05, 0) is 12.0 Å². The Hall–Kier alpha value is -1.51. The van der Waals surface area contributed by atoms with Gasteiger partial charge in [0.15, 0.2) is 0 Å². The highest BCUT2D eigenvalue weighted by Crippen LogP contribution is 2.13. The minimum absolute atomic E-state index is 0.0516. The molecule has 114 valence electrons. The van der Waals surface area contributed by atoms with Crippen molar-refractivity contribution in [2.75, 3.05) is 6.54 Å². The van der Waals surface area contributed by atoms with Crippen molar-refractivity contribution >= 4 is 33.1 Å². The largest absolute Gasteiger partial charge is 0.389 e. The molecule has 0 radical (unpaired) electrons. The summed E-state index contributed by atoms with van der Waals surface area (Å²) in [6, 6.07) is 6.62. The lowest BCUT2D eigenvalue weighted by atomic mass is 10.1. The zero-order chi connectivity index (χ0) is 15.5. The van der Waals surface area contributed by atoms with Crippen LogP contribution in [0.15, 0.2) is 24.3 Å². The smallest absolute Gasteiger partial charge is 0.220 e. The summed E-state index contributed by atoms with van der Waals surface area (Å²) >= 11 is 4.93. The first kappa shape index (κ1) is 15.9. The van der Waals surface area contributed by atoms with Crippen LogP contribution in [0.3, 0.4) is 0 Å². The summed E-state index contributed by atoms with van der Waals surface area (Å²) in [7, 11) is -3.52. The molecule has 4 N–H and O–H groups in total. The van der Waals surface area contributed by atoms with E-state index in [1.54, 1.807) is 24.3 Å². The van der Waals surface area contributed by atoms with Crippen LogP contribution in [0.2, 0.25) is 0 Å². The number of benzene rings is 1. The van der Waals surface area contributed by atoms with E-state index in [-0.39, 0.29) is 22.7 Å². The second-order valence-electron chi connectivity index (χ2n) is 4.94. The summed E-state index contributed by atoms with van der Waals surface area (Å²) in [5.41, 5.74) is 6.73. The summed E-state index contributed by atoms with van der Waals surface area (Å²) in [4.78, 5) is 11.2. The predicted molar refractivity (Wildman–Crippen MR) is 84.1 cm³/mol. The number of amides is 1. The van der Waals surface area contributed by atoms with Crippen molar-refractivity contribution in [3.05, 3.63) is 35.4 Å². The standard InChI is InChI=1S/C13H17N3O3S2/c14-13(20)11-4-2-1-3-9(11)8-21(18,19)16-10-5-6-12(17)15-7-10/h1-4,10,16H,5-8H2,(H2,14,20)(H,15,17). The molecule has 1 aliphatic rings. The van der Waals surface area contributed by atoms with E-state index in [1.165, 1.54) is 0 Å². The number of rotatable bonds is 5. The van der Waals surface area contributed by atoms with Crippen LogP contribution in [-0.2, 0) is 20.6 Å². The molecule has 0 bridgehead atoms. The highest BCUT2D eigenvalue weighted by Gasteiger charge is 2.23. The van der Waals surface area contributed by atoms with E-state index in [0.717, 1.165) is 0 Å². The Labute approximate surface area is 129 Å². The van der Waals surface area contributed by atoms with Crippen molar-refractivity contribution in [2.45, 2.75) is 24.6 Å². The molecular weight excluding hydrogens is 310 g/mol. The number of hydrogen-bond donors (Lipinski definition) is 3. The zero-order valence-corrected chi connectivity index (χ0v) is 13.0. The molecule has 0 spiro atoms. The van der Waals surface area contributed by atoms with Crippen molar-refractivity contribution in [2.24, 2.45) is 5.73 Å². The normalized spacial score (nSPS) is 19.0. The molecule has 1 atom stereocenters. The lowest BCUT2D eigenvalue weighted by Crippen LogP contribution is -2.48. The number of carbonyl (C=O) groups is 1. The summed E-state index contributed by atoms with van der Waals surface area (Å²) in [6.45, 7) is 0.314. The van der Waals surface area contributed by atoms with Gasteiger partial charge in [0.1, 0.15) is 4.99 Å². The minimum atomic E-state index is -3.52. The topological polar surface area (TPSA) is 101 Å². The van der Waals surface area contributed by atoms with E-state index >= 15 is 0 Å². The molecule has 0 saturated carbocycles. The first-order valence-electron chi connectivity index (χ1n) is 6.52. The SMILES string of the molecule is NC(=S)c1ccccc1CS(=O)(=O)NC1CCC(=O)NC1. The molecule has 1 heterocycles. The molecule has 1 aromatic rings. The second-order valence-corrected chi connectivity index (χ2v) is 7.13. The van der Waals surface area contributed by atoms with Gasteiger partial charge in [-0.25, -0.2) is 13.1 Å². The van der Waals surface area contributed by atoms with Crippen LogP contribution < -0.4 is 15.8 Å². The number of carbonyl (C=O) groups excluding carboxylic acids is 1. The minimum Gasteiger partial charge on any atom is -0.389 e. The molecule has 1 saturated heterocycles. The fourth-order valence-electron chi connectivity index (χ4n) is 2.22. The molecule has 6 nitrogen and oxygen atoms in total. The number of nitrogens with one attached hydrogen (secondary N) is 2. The monoisotopic (exact) mass is 327 g/mol. The van der Waals surface area contributed by atoms with Crippen LogP contribution in [0, 0.1) is 0 Å². The Morgan fingerprint density at radius 3 is 2.76 bits per heavy atom. The Bertz CT molecular complexity index is 648. The van der Waals surface area contributed by atoms with Gasteiger partial charge in [0.05, 0.1) is 5.75 Å². The molecule has 8 heteroatoms. The summed E-state index contributed by atoms with van der Waals surface area (Å²) < 4.78 is 27.0. The lowest BCUT2D eigenvalue weighted by Gasteiger charge is -2.23. The first-order valence-corrected chi connectivity index (χ1v) is 8.58. The molecule has 1 fully saturated rings.